The van der Waals surface area contributed by atoms with Crippen LogP contribution in [0, 0.1) is 5.92 Å². The Kier molecular flexibility index (Phi) is 6.91. The van der Waals surface area contributed by atoms with Gasteiger partial charge < -0.3 is 15.5 Å². The monoisotopic (exact) mass is 405 g/mol. The predicted molar refractivity (Wildman–Crippen MR) is 110 cm³/mol. The standard InChI is InChI=1S/C20H27N5O2.ClH/c26-19(14-25-13-16-6-1-2-7-17(16)23-25)24-10-4-5-15(12-24)11-22-20(27)18-8-3-9-21-18;/h1-2,6-7,13,15,18,21H,3-5,8-12,14H2,(H,22,27);1H. The summed E-state index contributed by atoms with van der Waals surface area (Å²) in [4.78, 5) is 26.8. The van der Waals surface area contributed by atoms with Gasteiger partial charge in [0, 0.05) is 31.2 Å². The summed E-state index contributed by atoms with van der Waals surface area (Å²) in [5, 5.41) is 11.8. The van der Waals surface area contributed by atoms with Crippen LogP contribution in [0.4, 0.5) is 0 Å². The smallest absolute Gasteiger partial charge is 0.244 e. The highest BCUT2D eigenvalue weighted by Crippen LogP contribution is 2.17. The number of rotatable bonds is 5. The average Bonchev–Trinajstić information content (AvgIpc) is 3.35. The molecule has 2 unspecified atom stereocenters. The van der Waals surface area contributed by atoms with Crippen molar-refractivity contribution in [3.05, 3.63) is 30.5 Å². The van der Waals surface area contributed by atoms with Gasteiger partial charge in [-0.05, 0) is 44.2 Å². The van der Waals surface area contributed by atoms with E-state index in [1.54, 1.807) is 4.68 Å². The lowest BCUT2D eigenvalue weighted by atomic mass is 9.97. The maximum Gasteiger partial charge on any atom is 0.244 e. The Hall–Kier alpha value is -2.12. The van der Waals surface area contributed by atoms with Crippen molar-refractivity contribution in [2.24, 2.45) is 5.92 Å². The van der Waals surface area contributed by atoms with Crippen LogP contribution in [0.3, 0.4) is 0 Å². The van der Waals surface area contributed by atoms with Crippen LogP contribution in [0.25, 0.3) is 10.9 Å². The average molecular weight is 406 g/mol. The quantitative estimate of drug-likeness (QED) is 0.791. The van der Waals surface area contributed by atoms with E-state index in [-0.39, 0.29) is 36.8 Å². The van der Waals surface area contributed by atoms with Gasteiger partial charge in [-0.3, -0.25) is 14.3 Å². The van der Waals surface area contributed by atoms with Crippen LogP contribution in [0.15, 0.2) is 30.5 Å². The van der Waals surface area contributed by atoms with Crippen molar-refractivity contribution in [2.45, 2.75) is 38.3 Å². The molecule has 0 aliphatic carbocycles. The topological polar surface area (TPSA) is 79.3 Å². The molecular weight excluding hydrogens is 378 g/mol. The van der Waals surface area contributed by atoms with E-state index in [1.807, 2.05) is 35.4 Å². The highest BCUT2D eigenvalue weighted by molar-refractivity contribution is 5.85. The molecule has 2 N–H and O–H groups in total. The molecule has 8 heteroatoms. The van der Waals surface area contributed by atoms with Crippen LogP contribution in [-0.4, -0.2) is 58.7 Å². The summed E-state index contributed by atoms with van der Waals surface area (Å²) in [6, 6.07) is 7.84. The normalized spacial score (nSPS) is 22.1. The van der Waals surface area contributed by atoms with Gasteiger partial charge in [-0.25, -0.2) is 0 Å². The molecule has 4 rings (SSSR count). The van der Waals surface area contributed by atoms with E-state index in [2.05, 4.69) is 15.7 Å². The number of carbonyl (C=O) groups excluding carboxylic acids is 2. The maximum atomic E-state index is 12.7. The number of benzene rings is 1. The Balaban J connectivity index is 0.00000225. The lowest BCUT2D eigenvalue weighted by Crippen LogP contribution is -2.47. The van der Waals surface area contributed by atoms with Crippen molar-refractivity contribution in [3.63, 3.8) is 0 Å². The summed E-state index contributed by atoms with van der Waals surface area (Å²) >= 11 is 0. The molecule has 0 spiro atoms. The first kappa shape index (κ1) is 20.6. The third kappa shape index (κ3) is 4.83. The van der Waals surface area contributed by atoms with Crippen LogP contribution >= 0.6 is 12.4 Å². The number of halogens is 1. The maximum absolute atomic E-state index is 12.7. The van der Waals surface area contributed by atoms with Gasteiger partial charge in [-0.1, -0.05) is 18.2 Å². The first-order chi connectivity index (χ1) is 13.2. The van der Waals surface area contributed by atoms with E-state index in [9.17, 15) is 9.59 Å². The number of amides is 2. The lowest BCUT2D eigenvalue weighted by Gasteiger charge is -2.33. The number of carbonyl (C=O) groups is 2. The Morgan fingerprint density at radius 1 is 1.21 bits per heavy atom. The van der Waals surface area contributed by atoms with Crippen LogP contribution in [0.2, 0.25) is 0 Å². The van der Waals surface area contributed by atoms with Gasteiger partial charge in [0.25, 0.3) is 0 Å². The molecule has 2 atom stereocenters. The third-order valence-electron chi connectivity index (χ3n) is 5.57. The van der Waals surface area contributed by atoms with Crippen LogP contribution in [0.1, 0.15) is 25.7 Å². The number of hydrogen-bond acceptors (Lipinski definition) is 4. The van der Waals surface area contributed by atoms with Gasteiger partial charge in [0.15, 0.2) is 0 Å². The fraction of sp³-hybridized carbons (Fsp3) is 0.550. The fourth-order valence-corrected chi connectivity index (χ4v) is 4.07. The lowest BCUT2D eigenvalue weighted by molar-refractivity contribution is -0.133. The zero-order valence-corrected chi connectivity index (χ0v) is 16.8. The Morgan fingerprint density at radius 2 is 2.07 bits per heavy atom. The van der Waals surface area contributed by atoms with Crippen molar-refractivity contribution in [2.75, 3.05) is 26.2 Å². The number of nitrogens with one attached hydrogen (secondary N) is 2. The van der Waals surface area contributed by atoms with E-state index >= 15 is 0 Å². The molecule has 1 aromatic carbocycles. The van der Waals surface area contributed by atoms with E-state index in [0.717, 1.165) is 49.7 Å². The molecule has 1 aromatic heterocycles. The second kappa shape index (κ2) is 9.39. The molecule has 28 heavy (non-hydrogen) atoms. The van der Waals surface area contributed by atoms with Crippen LogP contribution in [-0.2, 0) is 16.1 Å². The number of likely N-dealkylation sites (tertiary alicyclic amines) is 1. The minimum Gasteiger partial charge on any atom is -0.354 e. The van der Waals surface area contributed by atoms with Crippen molar-refractivity contribution in [1.29, 1.82) is 0 Å². The molecule has 0 bridgehead atoms. The zero-order valence-electron chi connectivity index (χ0n) is 16.0. The van der Waals surface area contributed by atoms with E-state index in [4.69, 9.17) is 0 Å². The van der Waals surface area contributed by atoms with Gasteiger partial charge in [-0.2, -0.15) is 5.10 Å². The molecule has 0 radical (unpaired) electrons. The molecule has 0 saturated carbocycles. The summed E-state index contributed by atoms with van der Waals surface area (Å²) in [5.41, 5.74) is 0.907. The molecule has 2 aromatic rings. The van der Waals surface area contributed by atoms with Crippen molar-refractivity contribution in [3.8, 4) is 0 Å². The van der Waals surface area contributed by atoms with E-state index in [0.29, 0.717) is 19.0 Å². The Bertz CT molecular complexity index is 785. The largest absolute Gasteiger partial charge is 0.354 e. The summed E-state index contributed by atoms with van der Waals surface area (Å²) in [6.45, 7) is 3.32. The zero-order chi connectivity index (χ0) is 18.6. The SMILES string of the molecule is Cl.O=C(NCC1CCCN(C(=O)Cn2cc3ccccc3n2)C1)C1CCCN1. The van der Waals surface area contributed by atoms with Gasteiger partial charge >= 0.3 is 0 Å². The highest BCUT2D eigenvalue weighted by atomic mass is 35.5. The van der Waals surface area contributed by atoms with Crippen molar-refractivity contribution < 1.29 is 9.59 Å². The Labute approximate surface area is 171 Å². The number of hydrogen-bond donors (Lipinski definition) is 2. The molecule has 2 amide bonds. The number of aromatic nitrogens is 2. The molecule has 2 fully saturated rings. The first-order valence-corrected chi connectivity index (χ1v) is 9.90. The Morgan fingerprint density at radius 3 is 2.86 bits per heavy atom. The first-order valence-electron chi connectivity index (χ1n) is 9.90. The van der Waals surface area contributed by atoms with Gasteiger partial charge in [0.2, 0.25) is 11.8 Å². The fourth-order valence-electron chi connectivity index (χ4n) is 4.07. The van der Waals surface area contributed by atoms with Gasteiger partial charge in [0.1, 0.15) is 6.54 Å². The van der Waals surface area contributed by atoms with E-state index in [1.165, 1.54) is 0 Å². The molecule has 7 nitrogen and oxygen atoms in total. The number of piperidine rings is 1. The second-order valence-electron chi connectivity index (χ2n) is 7.63. The summed E-state index contributed by atoms with van der Waals surface area (Å²) in [7, 11) is 0. The second-order valence-corrected chi connectivity index (χ2v) is 7.63. The number of nitrogens with zero attached hydrogens (tertiary/aromatic N) is 3. The third-order valence-corrected chi connectivity index (χ3v) is 5.57. The minimum atomic E-state index is -0.0414. The predicted octanol–water partition coefficient (Wildman–Crippen LogP) is 1.56. The molecular formula is C20H28ClN5O2. The van der Waals surface area contributed by atoms with Crippen molar-refractivity contribution in [1.82, 2.24) is 25.3 Å². The summed E-state index contributed by atoms with van der Waals surface area (Å²) in [5.74, 6) is 0.514. The number of fused-ring (bicyclic) bond motifs is 1. The highest BCUT2D eigenvalue weighted by Gasteiger charge is 2.26. The van der Waals surface area contributed by atoms with Gasteiger partial charge in [-0.15, -0.1) is 12.4 Å². The molecule has 2 saturated heterocycles. The molecule has 152 valence electrons. The van der Waals surface area contributed by atoms with Crippen molar-refractivity contribution >= 4 is 35.1 Å². The summed E-state index contributed by atoms with van der Waals surface area (Å²) < 4.78 is 1.73. The van der Waals surface area contributed by atoms with Gasteiger partial charge in [0.05, 0.1) is 11.6 Å². The van der Waals surface area contributed by atoms with E-state index < -0.39 is 0 Å². The van der Waals surface area contributed by atoms with Crippen LogP contribution in [0.5, 0.6) is 0 Å². The molecule has 3 heterocycles. The molecule has 2 aliphatic rings. The summed E-state index contributed by atoms with van der Waals surface area (Å²) in [6.07, 6.45) is 5.93. The van der Waals surface area contributed by atoms with Crippen LogP contribution < -0.4 is 10.6 Å². The minimum absolute atomic E-state index is 0. The molecule has 2 aliphatic heterocycles.